The summed E-state index contributed by atoms with van der Waals surface area (Å²) in [5, 5.41) is 6.96. The zero-order chi connectivity index (χ0) is 10.5. The van der Waals surface area contributed by atoms with Crippen molar-refractivity contribution in [2.45, 2.75) is 32.4 Å². The molecule has 1 saturated heterocycles. The van der Waals surface area contributed by atoms with Crippen LogP contribution in [0, 0.1) is 6.92 Å². The third kappa shape index (κ3) is 3.29. The van der Waals surface area contributed by atoms with E-state index < -0.39 is 0 Å². The Hall–Kier alpha value is -0.930. The SMILES string of the molecule is Cc1ccc(CNC2CCCNC2)cn1. The van der Waals surface area contributed by atoms with Crippen LogP contribution in [-0.4, -0.2) is 24.1 Å². The molecule has 0 bridgehead atoms. The molecule has 1 atom stereocenters. The first-order valence-electron chi connectivity index (χ1n) is 5.70. The number of nitrogens with zero attached hydrogens (tertiary/aromatic N) is 1. The summed E-state index contributed by atoms with van der Waals surface area (Å²) in [5.41, 5.74) is 2.35. The molecule has 0 spiro atoms. The maximum Gasteiger partial charge on any atom is 0.0372 e. The molecule has 0 amide bonds. The average Bonchev–Trinajstić information content (AvgIpc) is 2.30. The molecule has 0 aliphatic carbocycles. The standard InChI is InChI=1S/C12H19N3/c1-10-4-5-11(7-14-10)8-15-12-3-2-6-13-9-12/h4-5,7,12-13,15H,2-3,6,8-9H2,1H3. The van der Waals surface area contributed by atoms with Crippen molar-refractivity contribution in [1.29, 1.82) is 0 Å². The van der Waals surface area contributed by atoms with E-state index in [1.807, 2.05) is 13.1 Å². The Morgan fingerprint density at radius 1 is 1.53 bits per heavy atom. The number of nitrogens with one attached hydrogen (secondary N) is 2. The smallest absolute Gasteiger partial charge is 0.0372 e. The second-order valence-corrected chi connectivity index (χ2v) is 4.23. The van der Waals surface area contributed by atoms with E-state index in [1.165, 1.54) is 24.9 Å². The molecule has 1 aromatic heterocycles. The van der Waals surface area contributed by atoms with Gasteiger partial charge in [-0.25, -0.2) is 0 Å². The van der Waals surface area contributed by atoms with Gasteiger partial charge in [-0.15, -0.1) is 0 Å². The van der Waals surface area contributed by atoms with Gasteiger partial charge in [0.25, 0.3) is 0 Å². The topological polar surface area (TPSA) is 37.0 Å². The predicted molar refractivity (Wildman–Crippen MR) is 61.7 cm³/mol. The van der Waals surface area contributed by atoms with Crippen LogP contribution in [0.4, 0.5) is 0 Å². The van der Waals surface area contributed by atoms with E-state index in [9.17, 15) is 0 Å². The minimum atomic E-state index is 0.625. The van der Waals surface area contributed by atoms with Gasteiger partial charge in [-0.1, -0.05) is 6.07 Å². The Bertz CT molecular complexity index is 288. The Morgan fingerprint density at radius 3 is 3.13 bits per heavy atom. The highest BCUT2D eigenvalue weighted by atomic mass is 15.0. The largest absolute Gasteiger partial charge is 0.315 e. The first-order chi connectivity index (χ1) is 7.34. The number of rotatable bonds is 3. The maximum absolute atomic E-state index is 4.29. The highest BCUT2D eigenvalue weighted by Crippen LogP contribution is 2.04. The maximum atomic E-state index is 4.29. The van der Waals surface area contributed by atoms with Crippen molar-refractivity contribution in [3.63, 3.8) is 0 Å². The summed E-state index contributed by atoms with van der Waals surface area (Å²) in [6.45, 7) is 5.21. The Kier molecular flexibility index (Phi) is 3.69. The quantitative estimate of drug-likeness (QED) is 0.779. The Labute approximate surface area is 91.3 Å². The van der Waals surface area contributed by atoms with Crippen LogP contribution in [0.1, 0.15) is 24.1 Å². The van der Waals surface area contributed by atoms with E-state index in [0.29, 0.717) is 6.04 Å². The van der Waals surface area contributed by atoms with Crippen LogP contribution in [0.2, 0.25) is 0 Å². The molecule has 1 aliphatic rings. The summed E-state index contributed by atoms with van der Waals surface area (Å²) in [7, 11) is 0. The summed E-state index contributed by atoms with van der Waals surface area (Å²) in [5.74, 6) is 0. The third-order valence-corrected chi connectivity index (χ3v) is 2.86. The van der Waals surface area contributed by atoms with Crippen LogP contribution < -0.4 is 10.6 Å². The minimum Gasteiger partial charge on any atom is -0.315 e. The number of aromatic nitrogens is 1. The highest BCUT2D eigenvalue weighted by molar-refractivity contribution is 5.12. The van der Waals surface area contributed by atoms with Gasteiger partial charge in [-0.2, -0.15) is 0 Å². The first-order valence-corrected chi connectivity index (χ1v) is 5.70. The normalized spacial score (nSPS) is 21.5. The van der Waals surface area contributed by atoms with E-state index in [4.69, 9.17) is 0 Å². The number of piperidine rings is 1. The lowest BCUT2D eigenvalue weighted by atomic mass is 10.1. The molecule has 3 heteroatoms. The zero-order valence-corrected chi connectivity index (χ0v) is 9.29. The van der Waals surface area contributed by atoms with Gasteiger partial charge in [0.1, 0.15) is 0 Å². The van der Waals surface area contributed by atoms with E-state index in [-0.39, 0.29) is 0 Å². The second-order valence-electron chi connectivity index (χ2n) is 4.23. The number of aryl methyl sites for hydroxylation is 1. The van der Waals surface area contributed by atoms with Gasteiger partial charge in [-0.05, 0) is 37.9 Å². The molecule has 1 aliphatic heterocycles. The molecular weight excluding hydrogens is 186 g/mol. The van der Waals surface area contributed by atoms with Gasteiger partial charge >= 0.3 is 0 Å². The van der Waals surface area contributed by atoms with Crippen LogP contribution >= 0.6 is 0 Å². The fourth-order valence-electron chi connectivity index (χ4n) is 1.89. The van der Waals surface area contributed by atoms with Gasteiger partial charge < -0.3 is 10.6 Å². The van der Waals surface area contributed by atoms with Crippen LogP contribution in [0.3, 0.4) is 0 Å². The van der Waals surface area contributed by atoms with E-state index >= 15 is 0 Å². The molecule has 15 heavy (non-hydrogen) atoms. The van der Waals surface area contributed by atoms with E-state index in [1.54, 1.807) is 0 Å². The second kappa shape index (κ2) is 5.24. The van der Waals surface area contributed by atoms with Gasteiger partial charge in [0.15, 0.2) is 0 Å². The fourth-order valence-corrected chi connectivity index (χ4v) is 1.89. The summed E-state index contributed by atoms with van der Waals surface area (Å²) in [6, 6.07) is 4.84. The minimum absolute atomic E-state index is 0.625. The summed E-state index contributed by atoms with van der Waals surface area (Å²) < 4.78 is 0. The molecular formula is C12H19N3. The predicted octanol–water partition coefficient (Wildman–Crippen LogP) is 1.23. The molecule has 2 rings (SSSR count). The first kappa shape index (κ1) is 10.6. The average molecular weight is 205 g/mol. The molecule has 2 N–H and O–H groups in total. The lowest BCUT2D eigenvalue weighted by Crippen LogP contribution is -2.42. The Balaban J connectivity index is 1.79. The van der Waals surface area contributed by atoms with Crippen molar-refractivity contribution in [1.82, 2.24) is 15.6 Å². The van der Waals surface area contributed by atoms with Crippen LogP contribution in [0.25, 0.3) is 0 Å². The third-order valence-electron chi connectivity index (χ3n) is 2.86. The van der Waals surface area contributed by atoms with Crippen molar-refractivity contribution in [2.24, 2.45) is 0 Å². The number of hydrogen-bond donors (Lipinski definition) is 2. The molecule has 82 valence electrons. The summed E-state index contributed by atoms with van der Waals surface area (Å²) in [4.78, 5) is 4.29. The van der Waals surface area contributed by atoms with E-state index in [2.05, 4.69) is 27.8 Å². The van der Waals surface area contributed by atoms with Gasteiger partial charge in [0.2, 0.25) is 0 Å². The monoisotopic (exact) mass is 205 g/mol. The lowest BCUT2D eigenvalue weighted by molar-refractivity contribution is 0.389. The summed E-state index contributed by atoms with van der Waals surface area (Å²) in [6.07, 6.45) is 4.52. The molecule has 1 unspecified atom stereocenters. The van der Waals surface area contributed by atoms with Gasteiger partial charge in [0.05, 0.1) is 0 Å². The Morgan fingerprint density at radius 2 is 2.47 bits per heavy atom. The number of pyridine rings is 1. The van der Waals surface area contributed by atoms with Crippen LogP contribution in [-0.2, 0) is 6.54 Å². The molecule has 3 nitrogen and oxygen atoms in total. The van der Waals surface area contributed by atoms with Gasteiger partial charge in [-0.3, -0.25) is 4.98 Å². The molecule has 0 saturated carbocycles. The lowest BCUT2D eigenvalue weighted by Gasteiger charge is -2.23. The van der Waals surface area contributed by atoms with Gasteiger partial charge in [0, 0.05) is 31.0 Å². The zero-order valence-electron chi connectivity index (χ0n) is 9.29. The van der Waals surface area contributed by atoms with Crippen LogP contribution in [0.15, 0.2) is 18.3 Å². The molecule has 1 aromatic rings. The number of hydrogen-bond acceptors (Lipinski definition) is 3. The highest BCUT2D eigenvalue weighted by Gasteiger charge is 2.11. The van der Waals surface area contributed by atoms with Crippen molar-refractivity contribution >= 4 is 0 Å². The van der Waals surface area contributed by atoms with Crippen LogP contribution in [0.5, 0.6) is 0 Å². The molecule has 0 aromatic carbocycles. The van der Waals surface area contributed by atoms with Crippen molar-refractivity contribution < 1.29 is 0 Å². The molecule has 1 fully saturated rings. The summed E-state index contributed by atoms with van der Waals surface area (Å²) >= 11 is 0. The fraction of sp³-hybridized carbons (Fsp3) is 0.583. The van der Waals surface area contributed by atoms with E-state index in [0.717, 1.165) is 18.8 Å². The molecule has 0 radical (unpaired) electrons. The van der Waals surface area contributed by atoms with Crippen molar-refractivity contribution in [3.8, 4) is 0 Å². The molecule has 2 heterocycles. The van der Waals surface area contributed by atoms with Crippen molar-refractivity contribution in [3.05, 3.63) is 29.6 Å². The van der Waals surface area contributed by atoms with Crippen molar-refractivity contribution in [2.75, 3.05) is 13.1 Å².